The summed E-state index contributed by atoms with van der Waals surface area (Å²) < 4.78 is 41.8. The predicted molar refractivity (Wildman–Crippen MR) is 87.0 cm³/mol. The van der Waals surface area contributed by atoms with E-state index in [-0.39, 0.29) is 10.7 Å². The lowest BCUT2D eigenvalue weighted by atomic mass is 9.99. The number of halogens is 4. The maximum Gasteiger partial charge on any atom is 0.418 e. The van der Waals surface area contributed by atoms with Crippen molar-refractivity contribution in [3.63, 3.8) is 0 Å². The highest BCUT2D eigenvalue weighted by Crippen LogP contribution is 2.42. The van der Waals surface area contributed by atoms with Gasteiger partial charge in [-0.25, -0.2) is 4.68 Å². The second-order valence-corrected chi connectivity index (χ2v) is 6.88. The second kappa shape index (κ2) is 5.69. The monoisotopic (exact) mass is 355 g/mol. The van der Waals surface area contributed by atoms with Gasteiger partial charge in [0, 0.05) is 23.0 Å². The van der Waals surface area contributed by atoms with Gasteiger partial charge in [-0.2, -0.15) is 18.3 Å². The second-order valence-electron chi connectivity index (χ2n) is 6.44. The Balaban J connectivity index is 1.88. The maximum atomic E-state index is 13.5. The van der Waals surface area contributed by atoms with Crippen LogP contribution in [0.15, 0.2) is 18.2 Å². The number of benzene rings is 1. The van der Waals surface area contributed by atoms with Crippen molar-refractivity contribution in [3.05, 3.63) is 40.0 Å². The van der Waals surface area contributed by atoms with Gasteiger partial charge in [-0.3, -0.25) is 0 Å². The van der Waals surface area contributed by atoms with Gasteiger partial charge in [0.25, 0.3) is 0 Å². The number of alkyl halides is 3. The van der Waals surface area contributed by atoms with Crippen LogP contribution < -0.4 is 5.32 Å². The molecule has 0 spiro atoms. The fourth-order valence-corrected chi connectivity index (χ4v) is 3.99. The van der Waals surface area contributed by atoms with Gasteiger partial charge in [0.15, 0.2) is 0 Å². The number of anilines is 1. The van der Waals surface area contributed by atoms with E-state index in [9.17, 15) is 13.2 Å². The fourth-order valence-electron chi connectivity index (χ4n) is 3.82. The summed E-state index contributed by atoms with van der Waals surface area (Å²) in [7, 11) is 0. The Hall–Kier alpha value is -1.69. The van der Waals surface area contributed by atoms with Crippen molar-refractivity contribution in [3.8, 4) is 5.69 Å². The van der Waals surface area contributed by atoms with Crippen LogP contribution in [0.2, 0.25) is 5.02 Å². The molecular weight excluding hydrogens is 339 g/mol. The van der Waals surface area contributed by atoms with Crippen LogP contribution in [0.25, 0.3) is 5.69 Å². The Kier molecular flexibility index (Phi) is 3.75. The molecule has 1 aliphatic heterocycles. The first kappa shape index (κ1) is 15.8. The summed E-state index contributed by atoms with van der Waals surface area (Å²) in [6.45, 7) is 0.738. The summed E-state index contributed by atoms with van der Waals surface area (Å²) >= 11 is 5.79. The molecule has 0 radical (unpaired) electrons. The van der Waals surface area contributed by atoms with Crippen molar-refractivity contribution < 1.29 is 13.2 Å². The van der Waals surface area contributed by atoms with Crippen LogP contribution in [0.3, 0.4) is 0 Å². The van der Waals surface area contributed by atoms with E-state index in [2.05, 4.69) is 10.4 Å². The fraction of sp³-hybridized carbons (Fsp3) is 0.471. The van der Waals surface area contributed by atoms with Crippen LogP contribution in [-0.2, 0) is 12.6 Å². The standard InChI is InChI=1S/C17H17ClF3N3/c18-11-5-6-14(13(9-11)17(19,20)21)24-16-12(7-8-22-16)15(23-24)10-3-1-2-4-10/h5-6,9-10,22H,1-4,7-8H2. The molecule has 24 heavy (non-hydrogen) atoms. The highest BCUT2D eigenvalue weighted by atomic mass is 35.5. The minimum Gasteiger partial charge on any atom is -0.369 e. The van der Waals surface area contributed by atoms with E-state index in [4.69, 9.17) is 11.6 Å². The number of nitrogens with one attached hydrogen (secondary N) is 1. The molecule has 2 heterocycles. The van der Waals surface area contributed by atoms with Crippen LogP contribution in [-0.4, -0.2) is 16.3 Å². The number of hydrogen-bond donors (Lipinski definition) is 1. The molecule has 1 saturated carbocycles. The maximum absolute atomic E-state index is 13.5. The molecular formula is C17H17ClF3N3. The molecule has 0 saturated heterocycles. The quantitative estimate of drug-likeness (QED) is 0.805. The summed E-state index contributed by atoms with van der Waals surface area (Å²) in [5.74, 6) is 1.06. The molecule has 1 aliphatic carbocycles. The average Bonchev–Trinajstić information content (AvgIpc) is 3.23. The molecule has 1 N–H and O–H groups in total. The third-order valence-corrected chi connectivity index (χ3v) is 5.15. The molecule has 128 valence electrons. The van der Waals surface area contributed by atoms with Gasteiger partial charge in [0.1, 0.15) is 5.82 Å². The zero-order chi connectivity index (χ0) is 16.9. The summed E-state index contributed by atoms with van der Waals surface area (Å²) in [6, 6.07) is 3.84. The van der Waals surface area contributed by atoms with Crippen LogP contribution in [0.5, 0.6) is 0 Å². The molecule has 0 atom stereocenters. The van der Waals surface area contributed by atoms with Gasteiger partial charge >= 0.3 is 6.18 Å². The Labute approximate surface area is 142 Å². The first-order valence-electron chi connectivity index (χ1n) is 8.18. The third kappa shape index (κ3) is 2.57. The van der Waals surface area contributed by atoms with E-state index in [0.29, 0.717) is 11.7 Å². The van der Waals surface area contributed by atoms with Crippen LogP contribution in [0, 0.1) is 0 Å². The molecule has 0 amide bonds. The molecule has 4 rings (SSSR count). The zero-order valence-corrected chi connectivity index (χ0v) is 13.7. The van der Waals surface area contributed by atoms with Gasteiger partial charge in [-0.15, -0.1) is 0 Å². The predicted octanol–water partition coefficient (Wildman–Crippen LogP) is 5.17. The van der Waals surface area contributed by atoms with Gasteiger partial charge in [0.05, 0.1) is 16.9 Å². The van der Waals surface area contributed by atoms with E-state index in [1.807, 2.05) is 0 Å². The molecule has 1 aromatic heterocycles. The van der Waals surface area contributed by atoms with Crippen LogP contribution >= 0.6 is 11.6 Å². The molecule has 0 unspecified atom stereocenters. The van der Waals surface area contributed by atoms with E-state index >= 15 is 0 Å². The first-order chi connectivity index (χ1) is 11.4. The lowest BCUT2D eigenvalue weighted by molar-refractivity contribution is -0.137. The summed E-state index contributed by atoms with van der Waals surface area (Å²) in [5, 5.41) is 7.87. The Morgan fingerprint density at radius 3 is 2.67 bits per heavy atom. The number of fused-ring (bicyclic) bond motifs is 1. The molecule has 2 aliphatic rings. The Bertz CT molecular complexity index is 776. The summed E-state index contributed by atoms with van der Waals surface area (Å²) in [6.07, 6.45) is 0.788. The van der Waals surface area contributed by atoms with E-state index in [1.54, 1.807) is 0 Å². The summed E-state index contributed by atoms with van der Waals surface area (Å²) in [4.78, 5) is 0. The smallest absolute Gasteiger partial charge is 0.369 e. The largest absolute Gasteiger partial charge is 0.418 e. The highest BCUT2D eigenvalue weighted by molar-refractivity contribution is 6.30. The number of aromatic nitrogens is 2. The molecule has 7 heteroatoms. The molecule has 2 aromatic rings. The van der Waals surface area contributed by atoms with Crippen molar-refractivity contribution >= 4 is 17.4 Å². The molecule has 0 bridgehead atoms. The molecule has 1 fully saturated rings. The number of nitrogens with zero attached hydrogens (tertiary/aromatic N) is 2. The molecule has 1 aromatic carbocycles. The average molecular weight is 356 g/mol. The van der Waals surface area contributed by atoms with E-state index < -0.39 is 11.7 Å². The zero-order valence-electron chi connectivity index (χ0n) is 13.0. The van der Waals surface area contributed by atoms with Crippen molar-refractivity contribution in [1.82, 2.24) is 9.78 Å². The highest BCUT2D eigenvalue weighted by Gasteiger charge is 2.37. The number of hydrogen-bond acceptors (Lipinski definition) is 2. The van der Waals surface area contributed by atoms with Crippen molar-refractivity contribution in [1.29, 1.82) is 0 Å². The topological polar surface area (TPSA) is 29.9 Å². The summed E-state index contributed by atoms with van der Waals surface area (Å²) in [5.41, 5.74) is 1.31. The third-order valence-electron chi connectivity index (χ3n) is 4.92. The van der Waals surface area contributed by atoms with Crippen molar-refractivity contribution in [2.45, 2.75) is 44.2 Å². The van der Waals surface area contributed by atoms with Crippen molar-refractivity contribution in [2.24, 2.45) is 0 Å². The normalized spacial score (nSPS) is 18.0. The minimum atomic E-state index is -4.48. The lowest BCUT2D eigenvalue weighted by Gasteiger charge is -2.15. The van der Waals surface area contributed by atoms with Crippen molar-refractivity contribution in [2.75, 3.05) is 11.9 Å². The van der Waals surface area contributed by atoms with Gasteiger partial charge in [-0.05, 0) is 37.5 Å². The lowest BCUT2D eigenvalue weighted by Crippen LogP contribution is -2.13. The SMILES string of the molecule is FC(F)(F)c1cc(Cl)ccc1-n1nc(C2CCCC2)c2c1NCC2. The molecule has 3 nitrogen and oxygen atoms in total. The Morgan fingerprint density at radius 2 is 1.96 bits per heavy atom. The van der Waals surface area contributed by atoms with Gasteiger partial charge < -0.3 is 5.32 Å². The Morgan fingerprint density at radius 1 is 1.21 bits per heavy atom. The van der Waals surface area contributed by atoms with Gasteiger partial charge in [0.2, 0.25) is 0 Å². The van der Waals surface area contributed by atoms with Gasteiger partial charge in [-0.1, -0.05) is 24.4 Å². The van der Waals surface area contributed by atoms with E-state index in [1.165, 1.54) is 16.8 Å². The number of rotatable bonds is 2. The van der Waals surface area contributed by atoms with Crippen LogP contribution in [0.1, 0.15) is 48.4 Å². The minimum absolute atomic E-state index is 0.0294. The van der Waals surface area contributed by atoms with E-state index in [0.717, 1.165) is 56.0 Å². The first-order valence-corrected chi connectivity index (χ1v) is 8.56. The van der Waals surface area contributed by atoms with Crippen LogP contribution in [0.4, 0.5) is 19.0 Å².